The van der Waals surface area contributed by atoms with Crippen LogP contribution >= 0.6 is 0 Å². The van der Waals surface area contributed by atoms with Crippen molar-refractivity contribution in [1.29, 1.82) is 0 Å². The third-order valence-corrected chi connectivity index (χ3v) is 4.40. The first kappa shape index (κ1) is 18.2. The van der Waals surface area contributed by atoms with E-state index in [0.717, 1.165) is 12.5 Å². The standard InChI is InChI=1S/C16H35OSi/c1-5-7-8-9-10-11-12-13-14-16(6-2)15-17-18(3)4/h16H,5-15H2,1-4H3. The molecule has 0 saturated heterocycles. The zero-order valence-electron chi connectivity index (χ0n) is 13.3. The fourth-order valence-electron chi connectivity index (χ4n) is 2.26. The second-order valence-corrected chi connectivity index (χ2v) is 7.86. The SMILES string of the molecule is CCCCCCCCCCC(CC)CO[Si](C)C. The largest absolute Gasteiger partial charge is 0.417 e. The average Bonchev–Trinajstić information content (AvgIpc) is 2.36. The van der Waals surface area contributed by atoms with Crippen LogP contribution < -0.4 is 0 Å². The number of hydrogen-bond donors (Lipinski definition) is 0. The van der Waals surface area contributed by atoms with E-state index in [1.165, 1.54) is 64.2 Å². The molecule has 109 valence electrons. The number of unbranched alkanes of at least 4 members (excludes halogenated alkanes) is 7. The third kappa shape index (κ3) is 12.6. The molecule has 0 bridgehead atoms. The zero-order valence-corrected chi connectivity index (χ0v) is 14.3. The fraction of sp³-hybridized carbons (Fsp3) is 1.00. The molecule has 0 rings (SSSR count). The quantitative estimate of drug-likeness (QED) is 0.303. The van der Waals surface area contributed by atoms with Gasteiger partial charge in [0.1, 0.15) is 0 Å². The maximum Gasteiger partial charge on any atom is 0.204 e. The minimum absolute atomic E-state index is 0.487. The maximum atomic E-state index is 5.82. The summed E-state index contributed by atoms with van der Waals surface area (Å²) in [4.78, 5) is 0. The van der Waals surface area contributed by atoms with Gasteiger partial charge in [0.2, 0.25) is 9.04 Å². The highest BCUT2D eigenvalue weighted by atomic mass is 28.3. The van der Waals surface area contributed by atoms with Crippen LogP contribution in [0.3, 0.4) is 0 Å². The first-order valence-corrected chi connectivity index (χ1v) is 10.5. The van der Waals surface area contributed by atoms with Gasteiger partial charge >= 0.3 is 0 Å². The Morgan fingerprint density at radius 3 is 1.89 bits per heavy atom. The monoisotopic (exact) mass is 271 g/mol. The molecule has 0 aliphatic carbocycles. The van der Waals surface area contributed by atoms with Gasteiger partial charge in [-0.05, 0) is 25.4 Å². The maximum absolute atomic E-state index is 5.82. The van der Waals surface area contributed by atoms with Crippen LogP contribution in [-0.4, -0.2) is 15.6 Å². The summed E-state index contributed by atoms with van der Waals surface area (Å²) in [6.45, 7) is 10.1. The molecule has 0 N–H and O–H groups in total. The lowest BCUT2D eigenvalue weighted by Crippen LogP contribution is -2.15. The van der Waals surface area contributed by atoms with Crippen molar-refractivity contribution in [2.24, 2.45) is 5.92 Å². The predicted octanol–water partition coefficient (Wildman–Crippen LogP) is 5.81. The molecule has 0 fully saturated rings. The Bertz CT molecular complexity index is 159. The molecule has 0 aliphatic heterocycles. The van der Waals surface area contributed by atoms with E-state index in [9.17, 15) is 0 Å². The van der Waals surface area contributed by atoms with Gasteiger partial charge in [0.25, 0.3) is 0 Å². The predicted molar refractivity (Wildman–Crippen MR) is 84.4 cm³/mol. The first-order valence-electron chi connectivity index (χ1n) is 8.13. The van der Waals surface area contributed by atoms with Gasteiger partial charge in [-0.15, -0.1) is 0 Å². The number of hydrogen-bond acceptors (Lipinski definition) is 1. The highest BCUT2D eigenvalue weighted by molar-refractivity contribution is 6.48. The van der Waals surface area contributed by atoms with E-state index in [-0.39, 0.29) is 0 Å². The highest BCUT2D eigenvalue weighted by Gasteiger charge is 2.07. The molecular weight excluding hydrogens is 236 g/mol. The summed E-state index contributed by atoms with van der Waals surface area (Å²) in [6, 6.07) is 0. The topological polar surface area (TPSA) is 9.23 Å². The van der Waals surface area contributed by atoms with E-state index in [4.69, 9.17) is 4.43 Å². The molecule has 0 amide bonds. The van der Waals surface area contributed by atoms with Crippen LogP contribution in [0.2, 0.25) is 13.1 Å². The van der Waals surface area contributed by atoms with Crippen molar-refractivity contribution < 1.29 is 4.43 Å². The highest BCUT2D eigenvalue weighted by Crippen LogP contribution is 2.16. The van der Waals surface area contributed by atoms with Gasteiger partial charge in [-0.1, -0.05) is 71.6 Å². The zero-order chi connectivity index (χ0) is 13.6. The second-order valence-electron chi connectivity index (χ2n) is 5.76. The van der Waals surface area contributed by atoms with Crippen LogP contribution in [0.15, 0.2) is 0 Å². The van der Waals surface area contributed by atoms with E-state index in [1.54, 1.807) is 0 Å². The van der Waals surface area contributed by atoms with Crippen LogP contribution in [0.5, 0.6) is 0 Å². The summed E-state index contributed by atoms with van der Waals surface area (Å²) in [5.74, 6) is 0.810. The lowest BCUT2D eigenvalue weighted by molar-refractivity contribution is 0.236. The minimum atomic E-state index is -0.487. The number of rotatable bonds is 13. The normalized spacial score (nSPS) is 13.2. The second kappa shape index (κ2) is 13.6. The first-order chi connectivity index (χ1) is 8.70. The lowest BCUT2D eigenvalue weighted by atomic mass is 9.98. The Hall–Kier alpha value is 0.177. The van der Waals surface area contributed by atoms with Crippen molar-refractivity contribution in [1.82, 2.24) is 0 Å². The third-order valence-electron chi connectivity index (χ3n) is 3.65. The summed E-state index contributed by atoms with van der Waals surface area (Å²) < 4.78 is 5.82. The summed E-state index contributed by atoms with van der Waals surface area (Å²) in [7, 11) is -0.487. The van der Waals surface area contributed by atoms with Crippen LogP contribution in [-0.2, 0) is 4.43 Å². The summed E-state index contributed by atoms with van der Waals surface area (Å²) >= 11 is 0. The van der Waals surface area contributed by atoms with Crippen LogP contribution in [0.4, 0.5) is 0 Å². The van der Waals surface area contributed by atoms with Crippen molar-refractivity contribution in [2.45, 2.75) is 91.1 Å². The molecule has 18 heavy (non-hydrogen) atoms. The molecule has 0 aromatic heterocycles. The molecule has 0 aromatic rings. The Morgan fingerprint density at radius 2 is 1.39 bits per heavy atom. The van der Waals surface area contributed by atoms with E-state index in [2.05, 4.69) is 26.9 Å². The van der Waals surface area contributed by atoms with E-state index >= 15 is 0 Å². The Morgan fingerprint density at radius 1 is 0.833 bits per heavy atom. The fourth-order valence-corrected chi connectivity index (χ4v) is 2.83. The van der Waals surface area contributed by atoms with Gasteiger partial charge in [-0.25, -0.2) is 0 Å². The van der Waals surface area contributed by atoms with Crippen molar-refractivity contribution >= 4 is 9.04 Å². The van der Waals surface area contributed by atoms with Gasteiger partial charge in [0.15, 0.2) is 0 Å². The summed E-state index contributed by atoms with van der Waals surface area (Å²) in [5, 5.41) is 0. The summed E-state index contributed by atoms with van der Waals surface area (Å²) in [5.41, 5.74) is 0. The molecular formula is C16H35OSi. The van der Waals surface area contributed by atoms with Crippen molar-refractivity contribution in [2.75, 3.05) is 6.61 Å². The molecule has 0 heterocycles. The Balaban J connectivity index is 3.28. The molecule has 1 radical (unpaired) electrons. The molecule has 0 saturated carbocycles. The molecule has 1 nitrogen and oxygen atoms in total. The molecule has 1 atom stereocenters. The molecule has 0 spiro atoms. The molecule has 0 aromatic carbocycles. The van der Waals surface area contributed by atoms with Gasteiger partial charge in [-0.3, -0.25) is 0 Å². The van der Waals surface area contributed by atoms with Gasteiger partial charge in [0, 0.05) is 6.61 Å². The molecule has 1 unspecified atom stereocenters. The van der Waals surface area contributed by atoms with Crippen molar-refractivity contribution in [3.8, 4) is 0 Å². The lowest BCUT2D eigenvalue weighted by Gasteiger charge is -2.16. The van der Waals surface area contributed by atoms with Crippen molar-refractivity contribution in [3.63, 3.8) is 0 Å². The Labute approximate surface area is 117 Å². The van der Waals surface area contributed by atoms with Gasteiger partial charge in [0.05, 0.1) is 0 Å². The molecule has 0 aliphatic rings. The smallest absolute Gasteiger partial charge is 0.204 e. The van der Waals surface area contributed by atoms with E-state index in [1.807, 2.05) is 0 Å². The summed E-state index contributed by atoms with van der Waals surface area (Å²) in [6.07, 6.45) is 14.1. The van der Waals surface area contributed by atoms with E-state index in [0.29, 0.717) is 0 Å². The van der Waals surface area contributed by atoms with E-state index < -0.39 is 9.04 Å². The van der Waals surface area contributed by atoms with Crippen LogP contribution in [0.25, 0.3) is 0 Å². The average molecular weight is 272 g/mol. The molecule has 2 heteroatoms. The minimum Gasteiger partial charge on any atom is -0.417 e. The van der Waals surface area contributed by atoms with Crippen molar-refractivity contribution in [3.05, 3.63) is 0 Å². The van der Waals surface area contributed by atoms with Gasteiger partial charge < -0.3 is 4.43 Å². The van der Waals surface area contributed by atoms with Gasteiger partial charge in [-0.2, -0.15) is 0 Å². The van der Waals surface area contributed by atoms with Crippen LogP contribution in [0.1, 0.15) is 78.1 Å². The Kier molecular flexibility index (Phi) is 13.7. The van der Waals surface area contributed by atoms with Crippen LogP contribution in [0, 0.1) is 5.92 Å².